The number of thiazole rings is 1. The Morgan fingerprint density at radius 3 is 2.70 bits per heavy atom. The van der Waals surface area contributed by atoms with E-state index in [0.29, 0.717) is 0 Å². The van der Waals surface area contributed by atoms with Crippen LogP contribution in [0.2, 0.25) is 0 Å². The Balaban J connectivity index is 1.73. The van der Waals surface area contributed by atoms with E-state index < -0.39 is 17.5 Å². The van der Waals surface area contributed by atoms with Gasteiger partial charge in [-0.05, 0) is 19.1 Å². The summed E-state index contributed by atoms with van der Waals surface area (Å²) in [4.78, 5) is 27.5. The first kappa shape index (κ1) is 17.4. The molecule has 0 saturated heterocycles. The smallest absolute Gasteiger partial charge is 0.243 e. The Labute approximate surface area is 139 Å². The standard InChI is InChI=1S/C14H13F2N3O2S2/c1-8-6-22-14(18-8)23-7-13(21)17-5-12(20)19-9-2-3-10(15)11(16)4-9/h2-4,6H,5,7H2,1H3,(H,17,21)(H,19,20). The van der Waals surface area contributed by atoms with E-state index in [1.807, 2.05) is 12.3 Å². The second-order valence-electron chi connectivity index (χ2n) is 4.50. The summed E-state index contributed by atoms with van der Waals surface area (Å²) in [6.07, 6.45) is 0. The van der Waals surface area contributed by atoms with Crippen LogP contribution in [0.25, 0.3) is 0 Å². The summed E-state index contributed by atoms with van der Waals surface area (Å²) in [5.41, 5.74) is 1.01. The van der Waals surface area contributed by atoms with Crippen LogP contribution in [-0.4, -0.2) is 29.1 Å². The van der Waals surface area contributed by atoms with Gasteiger partial charge in [0.25, 0.3) is 0 Å². The third-order valence-electron chi connectivity index (χ3n) is 2.57. The Morgan fingerprint density at radius 1 is 1.26 bits per heavy atom. The average Bonchev–Trinajstić information content (AvgIpc) is 2.92. The van der Waals surface area contributed by atoms with Gasteiger partial charge in [0, 0.05) is 22.8 Å². The summed E-state index contributed by atoms with van der Waals surface area (Å²) in [5.74, 6) is -2.75. The second-order valence-corrected chi connectivity index (χ2v) is 6.58. The molecule has 0 aliphatic rings. The maximum absolute atomic E-state index is 13.0. The minimum atomic E-state index is -1.05. The molecule has 2 rings (SSSR count). The molecule has 0 aliphatic carbocycles. The highest BCUT2D eigenvalue weighted by Gasteiger charge is 2.09. The van der Waals surface area contributed by atoms with E-state index in [9.17, 15) is 18.4 Å². The number of benzene rings is 1. The molecule has 0 aliphatic heterocycles. The highest BCUT2D eigenvalue weighted by atomic mass is 32.2. The van der Waals surface area contributed by atoms with Gasteiger partial charge >= 0.3 is 0 Å². The van der Waals surface area contributed by atoms with Crippen molar-refractivity contribution in [2.24, 2.45) is 0 Å². The fourth-order valence-electron chi connectivity index (χ4n) is 1.53. The molecular formula is C14H13F2N3O2S2. The predicted octanol–water partition coefficient (Wildman–Crippen LogP) is 2.58. The minimum absolute atomic E-state index is 0.121. The molecule has 23 heavy (non-hydrogen) atoms. The van der Waals surface area contributed by atoms with Crippen LogP contribution in [0.4, 0.5) is 14.5 Å². The van der Waals surface area contributed by atoms with Crippen molar-refractivity contribution in [3.63, 3.8) is 0 Å². The summed E-state index contributed by atoms with van der Waals surface area (Å²) in [5, 5.41) is 6.69. The number of nitrogens with zero attached hydrogens (tertiary/aromatic N) is 1. The Hall–Kier alpha value is -2.00. The molecule has 1 heterocycles. The number of nitrogens with one attached hydrogen (secondary N) is 2. The fourth-order valence-corrected chi connectivity index (χ4v) is 3.21. The molecule has 122 valence electrons. The van der Waals surface area contributed by atoms with Crippen molar-refractivity contribution in [2.75, 3.05) is 17.6 Å². The van der Waals surface area contributed by atoms with E-state index in [1.165, 1.54) is 29.2 Å². The Bertz CT molecular complexity index is 722. The normalized spacial score (nSPS) is 10.4. The SMILES string of the molecule is Cc1csc(SCC(=O)NCC(=O)Nc2ccc(F)c(F)c2)n1. The molecule has 0 spiro atoms. The molecular weight excluding hydrogens is 344 g/mol. The minimum Gasteiger partial charge on any atom is -0.346 e. The van der Waals surface area contributed by atoms with Crippen LogP contribution in [0.1, 0.15) is 5.69 Å². The lowest BCUT2D eigenvalue weighted by molar-refractivity contribution is -0.122. The maximum Gasteiger partial charge on any atom is 0.243 e. The lowest BCUT2D eigenvalue weighted by atomic mass is 10.3. The Kier molecular flexibility index (Phi) is 6.05. The van der Waals surface area contributed by atoms with Gasteiger partial charge < -0.3 is 10.6 Å². The Morgan fingerprint density at radius 2 is 2.04 bits per heavy atom. The number of aromatic nitrogens is 1. The van der Waals surface area contributed by atoms with Crippen molar-refractivity contribution in [2.45, 2.75) is 11.3 Å². The van der Waals surface area contributed by atoms with E-state index in [0.717, 1.165) is 22.2 Å². The molecule has 2 aromatic rings. The molecule has 0 unspecified atom stereocenters. The van der Waals surface area contributed by atoms with Crippen LogP contribution in [0.15, 0.2) is 27.9 Å². The third-order valence-corrected chi connectivity index (χ3v) is 4.71. The largest absolute Gasteiger partial charge is 0.346 e. The highest BCUT2D eigenvalue weighted by molar-refractivity contribution is 8.01. The molecule has 5 nitrogen and oxygen atoms in total. The first-order valence-corrected chi connectivity index (χ1v) is 8.37. The number of hydrogen-bond donors (Lipinski definition) is 2. The number of amides is 2. The summed E-state index contributed by atoms with van der Waals surface area (Å²) in [6.45, 7) is 1.61. The number of carbonyl (C=O) groups is 2. The van der Waals surface area contributed by atoms with Gasteiger partial charge in [-0.25, -0.2) is 13.8 Å². The van der Waals surface area contributed by atoms with E-state index >= 15 is 0 Å². The number of thioether (sulfide) groups is 1. The highest BCUT2D eigenvalue weighted by Crippen LogP contribution is 2.21. The first-order chi connectivity index (χ1) is 10.9. The van der Waals surface area contributed by atoms with Gasteiger partial charge in [0.15, 0.2) is 16.0 Å². The van der Waals surface area contributed by atoms with Gasteiger partial charge in [-0.3, -0.25) is 9.59 Å². The zero-order valence-corrected chi connectivity index (χ0v) is 13.7. The molecule has 0 bridgehead atoms. The predicted molar refractivity (Wildman–Crippen MR) is 85.6 cm³/mol. The van der Waals surface area contributed by atoms with Crippen LogP contribution in [0.3, 0.4) is 0 Å². The molecule has 0 atom stereocenters. The number of aryl methyl sites for hydroxylation is 1. The lowest BCUT2D eigenvalue weighted by Crippen LogP contribution is -2.33. The molecule has 1 aromatic carbocycles. The van der Waals surface area contributed by atoms with E-state index in [-0.39, 0.29) is 23.9 Å². The van der Waals surface area contributed by atoms with Crippen molar-refractivity contribution < 1.29 is 18.4 Å². The first-order valence-electron chi connectivity index (χ1n) is 6.50. The van der Waals surface area contributed by atoms with Crippen molar-refractivity contribution in [1.82, 2.24) is 10.3 Å². The van der Waals surface area contributed by atoms with Crippen molar-refractivity contribution >= 4 is 40.6 Å². The topological polar surface area (TPSA) is 71.1 Å². The van der Waals surface area contributed by atoms with Crippen LogP contribution >= 0.6 is 23.1 Å². The number of anilines is 1. The van der Waals surface area contributed by atoms with Crippen molar-refractivity contribution in [3.05, 3.63) is 40.9 Å². The molecule has 2 amide bonds. The van der Waals surface area contributed by atoms with Crippen molar-refractivity contribution in [1.29, 1.82) is 0 Å². The van der Waals surface area contributed by atoms with Crippen LogP contribution in [0, 0.1) is 18.6 Å². The average molecular weight is 357 g/mol. The van der Waals surface area contributed by atoms with Crippen LogP contribution in [0.5, 0.6) is 0 Å². The van der Waals surface area contributed by atoms with Gasteiger partial charge in [0.1, 0.15) is 0 Å². The summed E-state index contributed by atoms with van der Waals surface area (Å²) < 4.78 is 26.5. The summed E-state index contributed by atoms with van der Waals surface area (Å²) >= 11 is 2.73. The van der Waals surface area contributed by atoms with E-state index in [1.54, 1.807) is 0 Å². The monoisotopic (exact) mass is 357 g/mol. The lowest BCUT2D eigenvalue weighted by Gasteiger charge is -2.07. The molecule has 0 fully saturated rings. The van der Waals surface area contributed by atoms with Gasteiger partial charge in [0.2, 0.25) is 11.8 Å². The van der Waals surface area contributed by atoms with Gasteiger partial charge in [0.05, 0.1) is 12.3 Å². The molecule has 0 radical (unpaired) electrons. The zero-order chi connectivity index (χ0) is 16.8. The van der Waals surface area contributed by atoms with E-state index in [4.69, 9.17) is 0 Å². The quantitative estimate of drug-likeness (QED) is 0.780. The third kappa shape index (κ3) is 5.61. The summed E-state index contributed by atoms with van der Waals surface area (Å²) in [6, 6.07) is 3.02. The number of carbonyl (C=O) groups excluding carboxylic acids is 2. The maximum atomic E-state index is 13.0. The molecule has 9 heteroatoms. The van der Waals surface area contributed by atoms with Crippen LogP contribution in [-0.2, 0) is 9.59 Å². The fraction of sp³-hybridized carbons (Fsp3) is 0.214. The summed E-state index contributed by atoms with van der Waals surface area (Å²) in [7, 11) is 0. The molecule has 1 aromatic heterocycles. The number of halogens is 2. The number of hydrogen-bond acceptors (Lipinski definition) is 5. The van der Waals surface area contributed by atoms with Gasteiger partial charge in [-0.1, -0.05) is 11.8 Å². The van der Waals surface area contributed by atoms with Crippen molar-refractivity contribution in [3.8, 4) is 0 Å². The van der Waals surface area contributed by atoms with Gasteiger partial charge in [-0.15, -0.1) is 11.3 Å². The second kappa shape index (κ2) is 8.02. The molecule has 2 N–H and O–H groups in total. The van der Waals surface area contributed by atoms with Crippen LogP contribution < -0.4 is 10.6 Å². The van der Waals surface area contributed by atoms with E-state index in [2.05, 4.69) is 15.6 Å². The van der Waals surface area contributed by atoms with Gasteiger partial charge in [-0.2, -0.15) is 0 Å². The zero-order valence-electron chi connectivity index (χ0n) is 12.1. The molecule has 0 saturated carbocycles. The number of rotatable bonds is 6.